The highest BCUT2D eigenvalue weighted by molar-refractivity contribution is 5.84. The van der Waals surface area contributed by atoms with Crippen LogP contribution in [0.1, 0.15) is 39.1 Å². The standard InChI is InChI=1S/C13H23N5O/c1-7-9(14)17-12(13(3,4)5)18-10(7)16-8(2)11(19)15-6/h8H,1-6H3,(H,15,19)(H3,14,16,17,18). The van der Waals surface area contributed by atoms with Gasteiger partial charge in [-0.05, 0) is 13.8 Å². The first-order valence-corrected chi connectivity index (χ1v) is 6.29. The summed E-state index contributed by atoms with van der Waals surface area (Å²) in [5.41, 5.74) is 6.46. The van der Waals surface area contributed by atoms with Crippen LogP contribution in [-0.2, 0) is 10.2 Å². The first kappa shape index (κ1) is 15.2. The summed E-state index contributed by atoms with van der Waals surface area (Å²) in [5, 5.41) is 5.66. The minimum Gasteiger partial charge on any atom is -0.383 e. The van der Waals surface area contributed by atoms with Crippen molar-refractivity contribution in [1.29, 1.82) is 0 Å². The average Bonchev–Trinajstić information content (AvgIpc) is 2.32. The molecule has 0 aliphatic carbocycles. The van der Waals surface area contributed by atoms with E-state index in [0.29, 0.717) is 17.5 Å². The van der Waals surface area contributed by atoms with E-state index >= 15 is 0 Å². The normalized spacial score (nSPS) is 12.9. The van der Waals surface area contributed by atoms with Crippen molar-refractivity contribution in [3.8, 4) is 0 Å². The van der Waals surface area contributed by atoms with E-state index in [4.69, 9.17) is 5.73 Å². The van der Waals surface area contributed by atoms with E-state index in [2.05, 4.69) is 20.6 Å². The van der Waals surface area contributed by atoms with E-state index < -0.39 is 0 Å². The van der Waals surface area contributed by atoms with Gasteiger partial charge in [0.2, 0.25) is 5.91 Å². The number of nitrogens with zero attached hydrogens (tertiary/aromatic N) is 2. The molecule has 0 aliphatic rings. The number of rotatable bonds is 3. The van der Waals surface area contributed by atoms with E-state index in [1.54, 1.807) is 14.0 Å². The molecule has 0 fully saturated rings. The molecule has 1 rings (SSSR count). The zero-order valence-electron chi connectivity index (χ0n) is 12.5. The molecule has 1 heterocycles. The smallest absolute Gasteiger partial charge is 0.241 e. The predicted octanol–water partition coefficient (Wildman–Crippen LogP) is 1.21. The van der Waals surface area contributed by atoms with Gasteiger partial charge in [0.05, 0.1) is 0 Å². The quantitative estimate of drug-likeness (QED) is 0.764. The summed E-state index contributed by atoms with van der Waals surface area (Å²) in [7, 11) is 1.60. The van der Waals surface area contributed by atoms with Gasteiger partial charge in [0.1, 0.15) is 23.5 Å². The number of carbonyl (C=O) groups is 1. The first-order valence-electron chi connectivity index (χ1n) is 6.29. The lowest BCUT2D eigenvalue weighted by Gasteiger charge is -2.21. The van der Waals surface area contributed by atoms with Crippen LogP contribution in [0.5, 0.6) is 0 Å². The van der Waals surface area contributed by atoms with E-state index in [0.717, 1.165) is 5.56 Å². The number of anilines is 2. The molecule has 6 nitrogen and oxygen atoms in total. The second kappa shape index (κ2) is 5.42. The maximum Gasteiger partial charge on any atom is 0.241 e. The number of nitrogens with two attached hydrogens (primary N) is 1. The number of hydrogen-bond acceptors (Lipinski definition) is 5. The lowest BCUT2D eigenvalue weighted by molar-refractivity contribution is -0.121. The van der Waals surface area contributed by atoms with Crippen LogP contribution < -0.4 is 16.4 Å². The minimum atomic E-state index is -0.384. The molecule has 0 saturated carbocycles. The fourth-order valence-electron chi connectivity index (χ4n) is 1.50. The molecule has 0 aromatic carbocycles. The summed E-state index contributed by atoms with van der Waals surface area (Å²) in [6, 6.07) is -0.384. The molecule has 0 spiro atoms. The summed E-state index contributed by atoms with van der Waals surface area (Å²) in [5.74, 6) is 1.59. The molecule has 1 aromatic rings. The number of nitrogen functional groups attached to an aromatic ring is 1. The largest absolute Gasteiger partial charge is 0.383 e. The van der Waals surface area contributed by atoms with Gasteiger partial charge in [0.15, 0.2) is 0 Å². The van der Waals surface area contributed by atoms with Crippen molar-refractivity contribution >= 4 is 17.5 Å². The number of carbonyl (C=O) groups excluding carboxylic acids is 1. The summed E-state index contributed by atoms with van der Waals surface area (Å²) < 4.78 is 0. The molecule has 0 saturated heterocycles. The van der Waals surface area contributed by atoms with Gasteiger partial charge in [-0.15, -0.1) is 0 Å². The van der Waals surface area contributed by atoms with Crippen molar-refractivity contribution in [2.75, 3.05) is 18.1 Å². The van der Waals surface area contributed by atoms with E-state index in [9.17, 15) is 4.79 Å². The Hall–Kier alpha value is -1.85. The summed E-state index contributed by atoms with van der Waals surface area (Å²) in [6.07, 6.45) is 0. The molecule has 1 aromatic heterocycles. The van der Waals surface area contributed by atoms with Gasteiger partial charge in [-0.25, -0.2) is 9.97 Å². The molecule has 4 N–H and O–H groups in total. The fraction of sp³-hybridized carbons (Fsp3) is 0.615. The van der Waals surface area contributed by atoms with Crippen LogP contribution in [0.4, 0.5) is 11.6 Å². The van der Waals surface area contributed by atoms with Gasteiger partial charge in [-0.1, -0.05) is 20.8 Å². The zero-order valence-corrected chi connectivity index (χ0v) is 12.5. The van der Waals surface area contributed by atoms with Crippen LogP contribution in [0.3, 0.4) is 0 Å². The molecule has 1 amide bonds. The van der Waals surface area contributed by atoms with Crippen LogP contribution in [0.15, 0.2) is 0 Å². The van der Waals surface area contributed by atoms with Gasteiger partial charge < -0.3 is 16.4 Å². The van der Waals surface area contributed by atoms with Gasteiger partial charge in [0, 0.05) is 18.0 Å². The van der Waals surface area contributed by atoms with Crippen LogP contribution >= 0.6 is 0 Å². The first-order chi connectivity index (χ1) is 8.66. The summed E-state index contributed by atoms with van der Waals surface area (Å²) in [4.78, 5) is 20.3. The third-order valence-corrected chi connectivity index (χ3v) is 2.85. The maximum atomic E-state index is 11.5. The highest BCUT2D eigenvalue weighted by Gasteiger charge is 2.21. The summed E-state index contributed by atoms with van der Waals surface area (Å²) in [6.45, 7) is 9.66. The molecule has 0 radical (unpaired) electrons. The maximum absolute atomic E-state index is 11.5. The molecule has 6 heteroatoms. The van der Waals surface area contributed by atoms with Gasteiger partial charge in [-0.3, -0.25) is 4.79 Å². The lowest BCUT2D eigenvalue weighted by atomic mass is 9.95. The van der Waals surface area contributed by atoms with Gasteiger partial charge in [-0.2, -0.15) is 0 Å². The predicted molar refractivity (Wildman–Crippen MR) is 77.0 cm³/mol. The Kier molecular flexibility index (Phi) is 4.34. The topological polar surface area (TPSA) is 92.9 Å². The Balaban J connectivity index is 3.13. The number of aromatic nitrogens is 2. The van der Waals surface area contributed by atoms with E-state index in [1.165, 1.54) is 0 Å². The van der Waals surface area contributed by atoms with Crippen LogP contribution in [0.2, 0.25) is 0 Å². The summed E-state index contributed by atoms with van der Waals surface area (Å²) >= 11 is 0. The lowest BCUT2D eigenvalue weighted by Crippen LogP contribution is -2.36. The molecular formula is C13H23N5O. The number of hydrogen-bond donors (Lipinski definition) is 3. The Morgan fingerprint density at radius 1 is 1.32 bits per heavy atom. The average molecular weight is 265 g/mol. The number of nitrogens with one attached hydrogen (secondary N) is 2. The van der Waals surface area contributed by atoms with Crippen molar-refractivity contribution in [2.24, 2.45) is 0 Å². The highest BCUT2D eigenvalue weighted by atomic mass is 16.2. The van der Waals surface area contributed by atoms with Crippen LogP contribution in [-0.4, -0.2) is 29.0 Å². The van der Waals surface area contributed by atoms with Crippen molar-refractivity contribution in [1.82, 2.24) is 15.3 Å². The second-order valence-electron chi connectivity index (χ2n) is 5.64. The molecule has 1 atom stereocenters. The minimum absolute atomic E-state index is 0.103. The third kappa shape index (κ3) is 3.56. The van der Waals surface area contributed by atoms with Crippen molar-refractivity contribution < 1.29 is 4.79 Å². The van der Waals surface area contributed by atoms with Crippen LogP contribution in [0.25, 0.3) is 0 Å². The molecule has 1 unspecified atom stereocenters. The van der Waals surface area contributed by atoms with E-state index in [-0.39, 0.29) is 17.4 Å². The number of likely N-dealkylation sites (N-methyl/N-ethyl adjacent to an activating group) is 1. The Morgan fingerprint density at radius 3 is 2.37 bits per heavy atom. The molecule has 0 aliphatic heterocycles. The second-order valence-corrected chi connectivity index (χ2v) is 5.64. The van der Waals surface area contributed by atoms with Crippen molar-refractivity contribution in [2.45, 2.75) is 46.1 Å². The Labute approximate surface area is 114 Å². The Morgan fingerprint density at radius 2 is 1.89 bits per heavy atom. The zero-order chi connectivity index (χ0) is 14.8. The monoisotopic (exact) mass is 265 g/mol. The van der Waals surface area contributed by atoms with Gasteiger partial charge in [0.25, 0.3) is 0 Å². The Bertz CT molecular complexity index is 479. The fourth-order valence-corrected chi connectivity index (χ4v) is 1.50. The highest BCUT2D eigenvalue weighted by Crippen LogP contribution is 2.24. The number of amides is 1. The van der Waals surface area contributed by atoms with Gasteiger partial charge >= 0.3 is 0 Å². The van der Waals surface area contributed by atoms with Crippen molar-refractivity contribution in [3.05, 3.63) is 11.4 Å². The molecule has 106 valence electrons. The SMILES string of the molecule is CNC(=O)C(C)Nc1nc(C(C)(C)C)nc(N)c1C. The third-order valence-electron chi connectivity index (χ3n) is 2.85. The molecule has 19 heavy (non-hydrogen) atoms. The van der Waals surface area contributed by atoms with Crippen LogP contribution in [0, 0.1) is 6.92 Å². The van der Waals surface area contributed by atoms with E-state index in [1.807, 2.05) is 27.7 Å². The molecular weight excluding hydrogens is 242 g/mol. The molecule has 0 bridgehead atoms. The van der Waals surface area contributed by atoms with Crippen molar-refractivity contribution in [3.63, 3.8) is 0 Å².